The van der Waals surface area contributed by atoms with Gasteiger partial charge in [0.25, 0.3) is 0 Å². The van der Waals surface area contributed by atoms with Crippen molar-refractivity contribution in [3.63, 3.8) is 0 Å². The Balaban J connectivity index is 1.63. The third-order valence-corrected chi connectivity index (χ3v) is 5.05. The van der Waals surface area contributed by atoms with E-state index in [1.165, 1.54) is 37.8 Å². The van der Waals surface area contributed by atoms with Gasteiger partial charge in [-0.25, -0.2) is 4.98 Å². The Bertz CT molecular complexity index is 435. The molecule has 3 heterocycles. The Morgan fingerprint density at radius 1 is 1.32 bits per heavy atom. The van der Waals surface area contributed by atoms with Gasteiger partial charge in [0.05, 0.1) is 4.47 Å². The van der Waals surface area contributed by atoms with E-state index in [0.717, 1.165) is 35.3 Å². The maximum Gasteiger partial charge on any atom is 0.142 e. The summed E-state index contributed by atoms with van der Waals surface area (Å²) in [7, 11) is 0. The summed E-state index contributed by atoms with van der Waals surface area (Å²) >= 11 is 3.65. The summed E-state index contributed by atoms with van der Waals surface area (Å²) in [6, 6.07) is 2.93. The fourth-order valence-electron chi connectivity index (χ4n) is 3.39. The van der Waals surface area contributed by atoms with Crippen molar-refractivity contribution in [3.8, 4) is 0 Å². The van der Waals surface area contributed by atoms with E-state index in [0.29, 0.717) is 0 Å². The molecule has 2 fully saturated rings. The van der Waals surface area contributed by atoms with Crippen LogP contribution in [0.2, 0.25) is 0 Å². The van der Waals surface area contributed by atoms with Gasteiger partial charge >= 0.3 is 0 Å². The quantitative estimate of drug-likeness (QED) is 0.906. The van der Waals surface area contributed by atoms with E-state index in [2.05, 4.69) is 44.1 Å². The van der Waals surface area contributed by atoms with Crippen molar-refractivity contribution in [1.29, 1.82) is 0 Å². The van der Waals surface area contributed by atoms with E-state index in [4.69, 9.17) is 0 Å². The molecule has 1 aromatic rings. The van der Waals surface area contributed by atoms with Crippen LogP contribution < -0.4 is 10.2 Å². The molecule has 104 valence electrons. The number of nitrogens with one attached hydrogen (secondary N) is 1. The number of aromatic nitrogens is 1. The Labute approximate surface area is 123 Å². The van der Waals surface area contributed by atoms with Gasteiger partial charge in [-0.2, -0.15) is 0 Å². The first-order valence-electron chi connectivity index (χ1n) is 7.34. The average Bonchev–Trinajstić information content (AvgIpc) is 2.93. The van der Waals surface area contributed by atoms with Crippen molar-refractivity contribution in [3.05, 3.63) is 22.3 Å². The number of pyridine rings is 1. The monoisotopic (exact) mass is 323 g/mol. The summed E-state index contributed by atoms with van der Waals surface area (Å²) in [6.07, 6.45) is 7.27. The number of hydrogen-bond donors (Lipinski definition) is 1. The summed E-state index contributed by atoms with van der Waals surface area (Å²) < 4.78 is 1.13. The van der Waals surface area contributed by atoms with Crippen LogP contribution >= 0.6 is 15.9 Å². The summed E-state index contributed by atoms with van der Waals surface area (Å²) in [5.74, 6) is 1.98. The highest BCUT2D eigenvalue weighted by atomic mass is 79.9. The molecule has 0 aromatic carbocycles. The minimum atomic E-state index is 0.775. The fourth-order valence-corrected chi connectivity index (χ4v) is 4.10. The molecule has 1 unspecified atom stereocenters. The summed E-state index contributed by atoms with van der Waals surface area (Å²) in [5, 5.41) is 3.66. The summed E-state index contributed by atoms with van der Waals surface area (Å²) in [4.78, 5) is 7.01. The molecule has 19 heavy (non-hydrogen) atoms. The molecule has 0 spiro atoms. The highest BCUT2D eigenvalue weighted by molar-refractivity contribution is 9.10. The smallest absolute Gasteiger partial charge is 0.142 e. The van der Waals surface area contributed by atoms with Crippen molar-refractivity contribution in [2.75, 3.05) is 24.5 Å². The van der Waals surface area contributed by atoms with Crippen LogP contribution in [0.1, 0.15) is 31.2 Å². The normalized spacial score (nSPS) is 24.9. The number of anilines is 1. The number of rotatable bonds is 2. The molecule has 3 rings (SSSR count). The highest BCUT2D eigenvalue weighted by Gasteiger charge is 2.29. The molecule has 2 saturated heterocycles. The predicted octanol–water partition coefficient (Wildman–Crippen LogP) is 3.12. The molecule has 0 saturated carbocycles. The molecular weight excluding hydrogens is 302 g/mol. The van der Waals surface area contributed by atoms with Gasteiger partial charge in [0.1, 0.15) is 5.82 Å². The van der Waals surface area contributed by atoms with Gasteiger partial charge < -0.3 is 10.2 Å². The molecule has 0 amide bonds. The van der Waals surface area contributed by atoms with Gasteiger partial charge in [-0.3, -0.25) is 0 Å². The average molecular weight is 324 g/mol. The maximum absolute atomic E-state index is 4.59. The molecule has 1 aromatic heterocycles. The van der Waals surface area contributed by atoms with E-state index in [-0.39, 0.29) is 0 Å². The zero-order chi connectivity index (χ0) is 13.2. The number of hydrogen-bond acceptors (Lipinski definition) is 3. The van der Waals surface area contributed by atoms with Crippen LogP contribution in [0.3, 0.4) is 0 Å². The van der Waals surface area contributed by atoms with E-state index in [9.17, 15) is 0 Å². The van der Waals surface area contributed by atoms with Crippen LogP contribution in [0.25, 0.3) is 0 Å². The first-order chi connectivity index (χ1) is 9.24. The second-order valence-corrected chi connectivity index (χ2v) is 6.70. The van der Waals surface area contributed by atoms with Gasteiger partial charge in [0, 0.05) is 25.3 Å². The van der Waals surface area contributed by atoms with E-state index < -0.39 is 0 Å². The van der Waals surface area contributed by atoms with Crippen molar-refractivity contribution in [1.82, 2.24) is 10.3 Å². The molecule has 2 aliphatic rings. The second-order valence-electron chi connectivity index (χ2n) is 5.85. The van der Waals surface area contributed by atoms with Crippen LogP contribution in [0.4, 0.5) is 5.82 Å². The lowest BCUT2D eigenvalue weighted by atomic mass is 9.88. The van der Waals surface area contributed by atoms with Crippen LogP contribution in [0.15, 0.2) is 16.7 Å². The molecule has 3 nitrogen and oxygen atoms in total. The molecule has 4 heteroatoms. The second kappa shape index (κ2) is 5.80. The number of halogens is 1. The first kappa shape index (κ1) is 13.4. The Morgan fingerprint density at radius 2 is 2.11 bits per heavy atom. The third-order valence-electron chi connectivity index (χ3n) is 4.47. The number of nitrogens with zero attached hydrogens (tertiary/aromatic N) is 2. The molecule has 0 bridgehead atoms. The summed E-state index contributed by atoms with van der Waals surface area (Å²) in [6.45, 7) is 5.57. The van der Waals surface area contributed by atoms with E-state index in [1.807, 2.05) is 6.20 Å². The van der Waals surface area contributed by atoms with Crippen LogP contribution in [-0.2, 0) is 0 Å². The Kier molecular flexibility index (Phi) is 4.08. The topological polar surface area (TPSA) is 28.2 Å². The molecule has 1 N–H and O–H groups in total. The fraction of sp³-hybridized carbons (Fsp3) is 0.667. The zero-order valence-electron chi connectivity index (χ0n) is 11.5. The molecule has 1 atom stereocenters. The molecule has 0 radical (unpaired) electrons. The largest absolute Gasteiger partial charge is 0.356 e. The van der Waals surface area contributed by atoms with Crippen molar-refractivity contribution in [2.45, 2.75) is 38.6 Å². The standard InChI is InChI=1S/C15H22BrN3/c1-11-9-13(16)15(18-10-11)19-7-4-12(5-8-19)14-3-2-6-17-14/h9-10,12,14,17H,2-8H2,1H3. The Hall–Kier alpha value is -0.610. The van der Waals surface area contributed by atoms with Crippen LogP contribution in [-0.4, -0.2) is 30.7 Å². The highest BCUT2D eigenvalue weighted by Crippen LogP contribution is 2.31. The lowest BCUT2D eigenvalue weighted by Gasteiger charge is -2.36. The summed E-state index contributed by atoms with van der Waals surface area (Å²) in [5.41, 5.74) is 1.21. The van der Waals surface area contributed by atoms with Crippen molar-refractivity contribution < 1.29 is 0 Å². The third kappa shape index (κ3) is 2.95. The van der Waals surface area contributed by atoms with Crippen LogP contribution in [0.5, 0.6) is 0 Å². The van der Waals surface area contributed by atoms with Crippen molar-refractivity contribution in [2.24, 2.45) is 5.92 Å². The lowest BCUT2D eigenvalue weighted by molar-refractivity contribution is 0.318. The van der Waals surface area contributed by atoms with E-state index >= 15 is 0 Å². The minimum Gasteiger partial charge on any atom is -0.356 e. The molecular formula is C15H22BrN3. The van der Waals surface area contributed by atoms with Gasteiger partial charge in [0.15, 0.2) is 0 Å². The van der Waals surface area contributed by atoms with Gasteiger partial charge in [-0.1, -0.05) is 0 Å². The van der Waals surface area contributed by atoms with Gasteiger partial charge in [-0.15, -0.1) is 0 Å². The maximum atomic E-state index is 4.59. The van der Waals surface area contributed by atoms with Gasteiger partial charge in [-0.05, 0) is 72.6 Å². The first-order valence-corrected chi connectivity index (χ1v) is 8.14. The molecule has 2 aliphatic heterocycles. The zero-order valence-corrected chi connectivity index (χ0v) is 13.1. The lowest BCUT2D eigenvalue weighted by Crippen LogP contribution is -2.41. The SMILES string of the molecule is Cc1cnc(N2CCC(C3CCCN3)CC2)c(Br)c1. The van der Waals surface area contributed by atoms with Crippen molar-refractivity contribution >= 4 is 21.7 Å². The predicted molar refractivity (Wildman–Crippen MR) is 82.6 cm³/mol. The molecule has 0 aliphatic carbocycles. The number of aryl methyl sites for hydroxylation is 1. The van der Waals surface area contributed by atoms with E-state index in [1.54, 1.807) is 0 Å². The van der Waals surface area contributed by atoms with Crippen LogP contribution in [0, 0.1) is 12.8 Å². The Morgan fingerprint density at radius 3 is 2.74 bits per heavy atom. The number of piperidine rings is 1. The van der Waals surface area contributed by atoms with Gasteiger partial charge in [0.2, 0.25) is 0 Å². The minimum absolute atomic E-state index is 0.775.